The lowest BCUT2D eigenvalue weighted by Crippen LogP contribution is -2.43. The Morgan fingerprint density at radius 1 is 1.32 bits per heavy atom. The molecule has 1 amide bonds. The van der Waals surface area contributed by atoms with Gasteiger partial charge in [0.15, 0.2) is 0 Å². The second-order valence-corrected chi connectivity index (χ2v) is 7.37. The van der Waals surface area contributed by atoms with Crippen molar-refractivity contribution >= 4 is 17.7 Å². The zero-order chi connectivity index (χ0) is 13.5. The maximum absolute atomic E-state index is 12.1. The van der Waals surface area contributed by atoms with Gasteiger partial charge in [-0.15, -0.1) is 0 Å². The number of thioether (sulfide) groups is 1. The molecule has 2 N–H and O–H groups in total. The third-order valence-electron chi connectivity index (χ3n) is 4.37. The molecule has 2 rings (SSSR count). The molecule has 2 aliphatic rings. The average Bonchev–Trinajstić information content (AvgIpc) is 2.92. The molecule has 19 heavy (non-hydrogen) atoms. The molecular weight excluding hydrogens is 256 g/mol. The number of amides is 1. The molecule has 1 aliphatic heterocycles. The minimum Gasteiger partial charge on any atom is -0.352 e. The van der Waals surface area contributed by atoms with Crippen molar-refractivity contribution in [1.82, 2.24) is 10.6 Å². The summed E-state index contributed by atoms with van der Waals surface area (Å²) in [6, 6.07) is 0.424. The number of carbonyl (C=O) groups is 1. The van der Waals surface area contributed by atoms with E-state index in [0.29, 0.717) is 17.7 Å². The van der Waals surface area contributed by atoms with E-state index in [9.17, 15) is 4.79 Å². The van der Waals surface area contributed by atoms with E-state index < -0.39 is 0 Å². The van der Waals surface area contributed by atoms with Crippen molar-refractivity contribution in [3.63, 3.8) is 0 Å². The van der Waals surface area contributed by atoms with Crippen LogP contribution in [0.15, 0.2) is 0 Å². The molecule has 110 valence electrons. The molecular formula is C15H28N2OS. The summed E-state index contributed by atoms with van der Waals surface area (Å²) in [5.41, 5.74) is 0. The summed E-state index contributed by atoms with van der Waals surface area (Å²) in [7, 11) is 0. The summed E-state index contributed by atoms with van der Waals surface area (Å²) in [6.07, 6.45) is 8.06. The van der Waals surface area contributed by atoms with Gasteiger partial charge in [-0.2, -0.15) is 11.8 Å². The Kier molecular flexibility index (Phi) is 6.51. The van der Waals surface area contributed by atoms with E-state index in [-0.39, 0.29) is 5.91 Å². The van der Waals surface area contributed by atoms with Crippen LogP contribution in [-0.2, 0) is 4.79 Å². The smallest absolute Gasteiger partial charge is 0.220 e. The van der Waals surface area contributed by atoms with Gasteiger partial charge in [-0.1, -0.05) is 19.8 Å². The second-order valence-electron chi connectivity index (χ2n) is 5.85. The highest BCUT2D eigenvalue weighted by Crippen LogP contribution is 2.28. The zero-order valence-electron chi connectivity index (χ0n) is 12.1. The van der Waals surface area contributed by atoms with Crippen LogP contribution in [0.1, 0.15) is 51.9 Å². The Bertz CT molecular complexity index is 277. The van der Waals surface area contributed by atoms with Crippen molar-refractivity contribution in [2.24, 2.45) is 5.92 Å². The van der Waals surface area contributed by atoms with Gasteiger partial charge in [0.25, 0.3) is 0 Å². The topological polar surface area (TPSA) is 41.1 Å². The molecule has 3 nitrogen and oxygen atoms in total. The SMILES string of the molecule is CCSC1CCCCC1NC(=O)CCC1CCNC1. The Hall–Kier alpha value is -0.220. The molecule has 0 radical (unpaired) electrons. The quantitative estimate of drug-likeness (QED) is 0.787. The predicted octanol–water partition coefficient (Wildman–Crippen LogP) is 2.56. The van der Waals surface area contributed by atoms with Crippen LogP contribution in [0.5, 0.6) is 0 Å². The lowest BCUT2D eigenvalue weighted by atomic mass is 9.94. The van der Waals surface area contributed by atoms with Gasteiger partial charge in [0, 0.05) is 17.7 Å². The molecule has 0 spiro atoms. The molecule has 1 aliphatic carbocycles. The van der Waals surface area contributed by atoms with Crippen LogP contribution in [-0.4, -0.2) is 36.0 Å². The van der Waals surface area contributed by atoms with Crippen LogP contribution in [0.4, 0.5) is 0 Å². The van der Waals surface area contributed by atoms with Gasteiger partial charge in [-0.25, -0.2) is 0 Å². The van der Waals surface area contributed by atoms with E-state index in [1.54, 1.807) is 0 Å². The average molecular weight is 284 g/mol. The van der Waals surface area contributed by atoms with Crippen molar-refractivity contribution in [2.45, 2.75) is 63.2 Å². The summed E-state index contributed by atoms with van der Waals surface area (Å²) in [5, 5.41) is 7.31. The molecule has 2 fully saturated rings. The zero-order valence-corrected chi connectivity index (χ0v) is 12.9. The maximum Gasteiger partial charge on any atom is 0.220 e. The Morgan fingerprint density at radius 3 is 2.89 bits per heavy atom. The van der Waals surface area contributed by atoms with Gasteiger partial charge < -0.3 is 10.6 Å². The van der Waals surface area contributed by atoms with Gasteiger partial charge >= 0.3 is 0 Å². The van der Waals surface area contributed by atoms with E-state index in [1.807, 2.05) is 11.8 Å². The van der Waals surface area contributed by atoms with Crippen molar-refractivity contribution in [3.8, 4) is 0 Å². The molecule has 3 unspecified atom stereocenters. The Labute approximate surface area is 121 Å². The first kappa shape index (κ1) is 15.2. The number of rotatable bonds is 6. The third-order valence-corrected chi connectivity index (χ3v) is 5.70. The molecule has 0 aromatic heterocycles. The van der Waals surface area contributed by atoms with Crippen LogP contribution < -0.4 is 10.6 Å². The van der Waals surface area contributed by atoms with Gasteiger partial charge in [-0.3, -0.25) is 4.79 Å². The minimum atomic E-state index is 0.278. The van der Waals surface area contributed by atoms with E-state index in [2.05, 4.69) is 17.6 Å². The van der Waals surface area contributed by atoms with Crippen LogP contribution in [0.2, 0.25) is 0 Å². The van der Waals surface area contributed by atoms with Crippen molar-refractivity contribution in [1.29, 1.82) is 0 Å². The minimum absolute atomic E-state index is 0.278. The second kappa shape index (κ2) is 8.15. The highest BCUT2D eigenvalue weighted by molar-refractivity contribution is 7.99. The summed E-state index contributed by atoms with van der Waals surface area (Å²) < 4.78 is 0. The lowest BCUT2D eigenvalue weighted by molar-refractivity contribution is -0.122. The molecule has 1 heterocycles. The Morgan fingerprint density at radius 2 is 2.16 bits per heavy atom. The van der Waals surface area contributed by atoms with E-state index in [1.165, 1.54) is 32.1 Å². The molecule has 0 aromatic carbocycles. The molecule has 4 heteroatoms. The first-order valence-corrected chi connectivity index (χ1v) is 8.96. The fourth-order valence-corrected chi connectivity index (χ4v) is 4.45. The van der Waals surface area contributed by atoms with Gasteiger partial charge in [0.2, 0.25) is 5.91 Å². The lowest BCUT2D eigenvalue weighted by Gasteiger charge is -2.31. The fourth-order valence-electron chi connectivity index (χ4n) is 3.25. The number of nitrogens with one attached hydrogen (secondary N) is 2. The summed E-state index contributed by atoms with van der Waals surface area (Å²) >= 11 is 2.02. The molecule has 0 bridgehead atoms. The normalized spacial score (nSPS) is 31.3. The van der Waals surface area contributed by atoms with Crippen LogP contribution in [0.25, 0.3) is 0 Å². The van der Waals surface area contributed by atoms with Crippen molar-refractivity contribution < 1.29 is 4.79 Å². The Balaban J connectivity index is 1.69. The largest absolute Gasteiger partial charge is 0.352 e. The van der Waals surface area contributed by atoms with E-state index in [4.69, 9.17) is 0 Å². The van der Waals surface area contributed by atoms with Crippen molar-refractivity contribution in [3.05, 3.63) is 0 Å². The predicted molar refractivity (Wildman–Crippen MR) is 82.5 cm³/mol. The van der Waals surface area contributed by atoms with Gasteiger partial charge in [0.05, 0.1) is 0 Å². The third kappa shape index (κ3) is 4.99. The number of carbonyl (C=O) groups excluding carboxylic acids is 1. The molecule has 1 saturated heterocycles. The molecule has 3 atom stereocenters. The van der Waals surface area contributed by atoms with Crippen molar-refractivity contribution in [2.75, 3.05) is 18.8 Å². The highest BCUT2D eigenvalue weighted by Gasteiger charge is 2.26. The van der Waals surface area contributed by atoms with Gasteiger partial charge in [0.1, 0.15) is 0 Å². The number of hydrogen-bond acceptors (Lipinski definition) is 3. The monoisotopic (exact) mass is 284 g/mol. The standard InChI is InChI=1S/C15H28N2OS/c1-2-19-14-6-4-3-5-13(14)17-15(18)8-7-12-9-10-16-11-12/h12-14,16H,2-11H2,1H3,(H,17,18). The highest BCUT2D eigenvalue weighted by atomic mass is 32.2. The molecule has 1 saturated carbocycles. The molecule has 0 aromatic rings. The first-order valence-electron chi connectivity index (χ1n) is 7.91. The fraction of sp³-hybridized carbons (Fsp3) is 0.933. The van der Waals surface area contributed by atoms with Crippen LogP contribution in [0, 0.1) is 5.92 Å². The summed E-state index contributed by atoms with van der Waals surface area (Å²) in [4.78, 5) is 12.1. The summed E-state index contributed by atoms with van der Waals surface area (Å²) in [5.74, 6) is 2.16. The van der Waals surface area contributed by atoms with Crippen LogP contribution in [0.3, 0.4) is 0 Å². The first-order chi connectivity index (χ1) is 9.29. The van der Waals surface area contributed by atoms with E-state index >= 15 is 0 Å². The van der Waals surface area contributed by atoms with E-state index in [0.717, 1.165) is 31.2 Å². The van der Waals surface area contributed by atoms with Gasteiger partial charge in [-0.05, 0) is 50.4 Å². The number of hydrogen-bond donors (Lipinski definition) is 2. The van der Waals surface area contributed by atoms with Crippen LogP contribution >= 0.6 is 11.8 Å². The maximum atomic E-state index is 12.1. The summed E-state index contributed by atoms with van der Waals surface area (Å²) in [6.45, 7) is 4.44.